The highest BCUT2D eigenvalue weighted by molar-refractivity contribution is 7.98. The molecule has 1 atom stereocenters. The first kappa shape index (κ1) is 40.4. The summed E-state index contributed by atoms with van der Waals surface area (Å²) in [6.45, 7) is 9.87. The quantitative estimate of drug-likeness (QED) is 0.202. The average molecular weight is 622 g/mol. The van der Waals surface area contributed by atoms with Gasteiger partial charge >= 0.3 is 0 Å². The molecule has 0 radical (unpaired) electrons. The minimum absolute atomic E-state index is 0.0689. The maximum absolute atomic E-state index is 13.4. The molecule has 7 nitrogen and oxygen atoms in total. The van der Waals surface area contributed by atoms with Crippen molar-refractivity contribution in [1.29, 1.82) is 0 Å². The van der Waals surface area contributed by atoms with E-state index in [4.69, 9.17) is 9.84 Å². The maximum Gasteiger partial charge on any atom is 0.242 e. The molecular formula is C34H56FN3O4S. The average Bonchev–Trinajstić information content (AvgIpc) is 3.84. The molecule has 1 aliphatic rings. The zero-order chi connectivity index (χ0) is 32.7. The largest absolute Gasteiger partial charge is 0.491 e. The number of nitrogens with zero attached hydrogens (tertiary/aromatic N) is 1. The van der Waals surface area contributed by atoms with Crippen molar-refractivity contribution in [3.05, 3.63) is 65.5 Å². The van der Waals surface area contributed by atoms with Crippen LogP contribution in [0.2, 0.25) is 0 Å². The Bertz CT molecular complexity index is 1040. The van der Waals surface area contributed by atoms with Crippen molar-refractivity contribution in [2.45, 2.75) is 84.2 Å². The minimum atomic E-state index is -0.445. The van der Waals surface area contributed by atoms with Crippen molar-refractivity contribution in [2.24, 2.45) is 0 Å². The molecule has 244 valence electrons. The molecule has 9 heteroatoms. The molecule has 2 amide bonds. The second kappa shape index (κ2) is 23.8. The van der Waals surface area contributed by atoms with Crippen LogP contribution in [0.3, 0.4) is 0 Å². The number of amides is 2. The summed E-state index contributed by atoms with van der Waals surface area (Å²) >= 11 is 1.65. The van der Waals surface area contributed by atoms with Crippen molar-refractivity contribution < 1.29 is 23.8 Å². The number of thioether (sulfide) groups is 1. The van der Waals surface area contributed by atoms with Gasteiger partial charge < -0.3 is 25.4 Å². The van der Waals surface area contributed by atoms with E-state index in [1.165, 1.54) is 41.4 Å². The van der Waals surface area contributed by atoms with Crippen LogP contribution in [0.1, 0.15) is 76.8 Å². The van der Waals surface area contributed by atoms with Gasteiger partial charge in [0.1, 0.15) is 6.04 Å². The molecule has 0 bridgehead atoms. The molecule has 0 heterocycles. The minimum Gasteiger partial charge on any atom is -0.491 e. The first-order valence-electron chi connectivity index (χ1n) is 15.4. The van der Waals surface area contributed by atoms with Gasteiger partial charge in [0.25, 0.3) is 0 Å². The van der Waals surface area contributed by atoms with E-state index in [1.807, 2.05) is 20.1 Å². The lowest BCUT2D eigenvalue weighted by Crippen LogP contribution is -2.47. The molecule has 3 N–H and O–H groups in total. The Hall–Kier alpha value is -2.62. The summed E-state index contributed by atoms with van der Waals surface area (Å²) < 4.78 is 18.8. The zero-order valence-electron chi connectivity index (χ0n) is 27.7. The van der Waals surface area contributed by atoms with Gasteiger partial charge in [-0.15, -0.1) is 0 Å². The molecule has 0 saturated heterocycles. The van der Waals surface area contributed by atoms with Crippen LogP contribution in [0.4, 0.5) is 4.39 Å². The Kier molecular flexibility index (Phi) is 22.3. The molecule has 2 aromatic carbocycles. The number of carbonyl (C=O) groups is 2. The van der Waals surface area contributed by atoms with Crippen LogP contribution in [-0.4, -0.2) is 74.2 Å². The summed E-state index contributed by atoms with van der Waals surface area (Å²) in [5, 5.41) is 13.3. The molecular weight excluding hydrogens is 565 g/mol. The zero-order valence-corrected chi connectivity index (χ0v) is 28.5. The fourth-order valence-electron chi connectivity index (χ4n) is 4.37. The van der Waals surface area contributed by atoms with Crippen LogP contribution in [0.5, 0.6) is 5.75 Å². The number of halogens is 1. The molecule has 1 unspecified atom stereocenters. The number of aryl methyl sites for hydroxylation is 1. The highest BCUT2D eigenvalue weighted by atomic mass is 32.2. The Labute approximate surface area is 264 Å². The lowest BCUT2D eigenvalue weighted by Gasteiger charge is -2.26. The van der Waals surface area contributed by atoms with Crippen molar-refractivity contribution in [2.75, 3.05) is 46.4 Å². The van der Waals surface area contributed by atoms with Gasteiger partial charge in [-0.25, -0.2) is 4.39 Å². The van der Waals surface area contributed by atoms with Gasteiger partial charge in [0.05, 0.1) is 6.61 Å². The summed E-state index contributed by atoms with van der Waals surface area (Å²) in [5.41, 5.74) is 3.18. The summed E-state index contributed by atoms with van der Waals surface area (Å²) in [6, 6.07) is 14.7. The fourth-order valence-corrected chi connectivity index (χ4v) is 4.83. The molecule has 3 rings (SSSR count). The van der Waals surface area contributed by atoms with Gasteiger partial charge in [-0.3, -0.25) is 9.59 Å². The van der Waals surface area contributed by atoms with Crippen molar-refractivity contribution >= 4 is 23.6 Å². The molecule has 0 aliphatic heterocycles. The highest BCUT2D eigenvalue weighted by Gasteiger charge is 2.43. The summed E-state index contributed by atoms with van der Waals surface area (Å²) in [5.74, 6) is 0.434. The van der Waals surface area contributed by atoms with Gasteiger partial charge in [-0.2, -0.15) is 11.8 Å². The first-order valence-corrected chi connectivity index (χ1v) is 16.8. The molecule has 1 fully saturated rings. The highest BCUT2D eigenvalue weighted by Crippen LogP contribution is 2.45. The van der Waals surface area contributed by atoms with E-state index in [-0.39, 0.29) is 23.4 Å². The number of nitrogens with one attached hydrogen (secondary N) is 2. The van der Waals surface area contributed by atoms with Crippen molar-refractivity contribution in [3.63, 3.8) is 0 Å². The van der Waals surface area contributed by atoms with Crippen LogP contribution < -0.4 is 15.4 Å². The van der Waals surface area contributed by atoms with E-state index >= 15 is 0 Å². The van der Waals surface area contributed by atoms with Crippen LogP contribution in [0.25, 0.3) is 0 Å². The smallest absolute Gasteiger partial charge is 0.242 e. The third kappa shape index (κ3) is 15.1. The summed E-state index contributed by atoms with van der Waals surface area (Å²) in [7, 11) is 4.24. The molecule has 43 heavy (non-hydrogen) atoms. The standard InChI is InChI=1S/C18H27FN2O3S.C13H19N.C2H6.CH4O/c1-20-18(23)15(11-13-25-3)21(2)17(22)10-6-7-12-24-16-9-5-4-8-14(16)19;1-3-9-14-13(7-8-13)12-6-4-5-11(2)10-12;2*1-2/h4-5,8-9,15H,6-7,10-13H2,1-3H3,(H,20,23);4-6,10,14H,3,7-9H2,1-2H3;1-2H3;2H,1H3. The lowest BCUT2D eigenvalue weighted by molar-refractivity contribution is -0.138. The molecule has 0 spiro atoms. The number of unbranched alkanes of at least 4 members (excludes halogenated alkanes) is 1. The number of ether oxygens (including phenoxy) is 1. The number of aliphatic hydroxyl groups excluding tert-OH is 1. The van der Waals surface area contributed by atoms with Gasteiger partial charge in [-0.05, 0) is 81.7 Å². The lowest BCUT2D eigenvalue weighted by atomic mass is 10.0. The Morgan fingerprint density at radius 2 is 1.79 bits per heavy atom. The number of hydrogen-bond acceptors (Lipinski definition) is 6. The third-order valence-electron chi connectivity index (χ3n) is 6.92. The Balaban J connectivity index is 0.000000821. The normalized spacial score (nSPS) is 13.0. The second-order valence-corrected chi connectivity index (χ2v) is 11.0. The number of likely N-dealkylation sites (N-methyl/N-ethyl adjacent to an activating group) is 2. The topological polar surface area (TPSA) is 90.9 Å². The fraction of sp³-hybridized carbons (Fsp3) is 0.588. The molecule has 1 aliphatic carbocycles. The summed E-state index contributed by atoms with van der Waals surface area (Å²) in [6.07, 6.45) is 8.02. The maximum atomic E-state index is 13.4. The number of rotatable bonds is 15. The van der Waals surface area contributed by atoms with Crippen molar-refractivity contribution in [3.8, 4) is 5.75 Å². The van der Waals surface area contributed by atoms with Gasteiger partial charge in [0.15, 0.2) is 11.6 Å². The Morgan fingerprint density at radius 1 is 1.12 bits per heavy atom. The SMILES string of the molecule is CC.CCCNC1(c2cccc(C)c2)CC1.CNC(=O)C(CCSC)N(C)C(=O)CCCCOc1ccccc1F.CO. The van der Waals surface area contributed by atoms with Crippen LogP contribution in [0.15, 0.2) is 48.5 Å². The van der Waals surface area contributed by atoms with E-state index in [1.54, 1.807) is 44.1 Å². The summed E-state index contributed by atoms with van der Waals surface area (Å²) in [4.78, 5) is 25.8. The second-order valence-electron chi connectivity index (χ2n) is 10.0. The van der Waals surface area contributed by atoms with E-state index in [2.05, 4.69) is 48.7 Å². The monoisotopic (exact) mass is 621 g/mol. The van der Waals surface area contributed by atoms with Gasteiger partial charge in [-0.1, -0.05) is 62.7 Å². The van der Waals surface area contributed by atoms with Crippen LogP contribution in [0, 0.1) is 12.7 Å². The Morgan fingerprint density at radius 3 is 2.35 bits per heavy atom. The number of benzene rings is 2. The number of hydrogen-bond donors (Lipinski definition) is 3. The van der Waals surface area contributed by atoms with Crippen LogP contribution in [-0.2, 0) is 15.1 Å². The van der Waals surface area contributed by atoms with E-state index < -0.39 is 6.04 Å². The first-order chi connectivity index (χ1) is 20.8. The predicted octanol–water partition coefficient (Wildman–Crippen LogP) is 6.32. The van der Waals surface area contributed by atoms with Gasteiger partial charge in [0, 0.05) is 33.2 Å². The number of aliphatic hydroxyl groups is 1. The predicted molar refractivity (Wildman–Crippen MR) is 179 cm³/mol. The van der Waals surface area contributed by atoms with Crippen molar-refractivity contribution in [1.82, 2.24) is 15.5 Å². The number of carbonyl (C=O) groups excluding carboxylic acids is 2. The third-order valence-corrected chi connectivity index (χ3v) is 7.56. The number of para-hydroxylation sites is 1. The van der Waals surface area contributed by atoms with E-state index in [9.17, 15) is 14.0 Å². The van der Waals surface area contributed by atoms with Crippen LogP contribution >= 0.6 is 11.8 Å². The van der Waals surface area contributed by atoms with Gasteiger partial charge in [0.2, 0.25) is 11.8 Å². The molecule has 1 saturated carbocycles. The van der Waals surface area contributed by atoms with E-state index in [0.717, 1.165) is 19.4 Å². The molecule has 0 aromatic heterocycles. The van der Waals surface area contributed by atoms with E-state index in [0.29, 0.717) is 37.8 Å². The molecule has 2 aromatic rings.